The third kappa shape index (κ3) is 3.72. The molecule has 1 atom stereocenters. The van der Waals surface area contributed by atoms with Gasteiger partial charge in [0.15, 0.2) is 0 Å². The molecule has 1 unspecified atom stereocenters. The molecule has 30 heavy (non-hydrogen) atoms. The van der Waals surface area contributed by atoms with E-state index in [-0.39, 0.29) is 17.9 Å². The van der Waals surface area contributed by atoms with E-state index in [0.29, 0.717) is 16.3 Å². The SMILES string of the molecule is COc1cccc(CN2C(=O)C(=O)/C(=C(\O)c3ccc(Cl)cc3)C2c2cccs2)c1. The van der Waals surface area contributed by atoms with Crippen molar-refractivity contribution in [1.82, 2.24) is 4.90 Å². The molecule has 152 valence electrons. The second kappa shape index (κ2) is 8.34. The van der Waals surface area contributed by atoms with Crippen molar-refractivity contribution in [3.63, 3.8) is 0 Å². The number of likely N-dealkylation sites (tertiary alicyclic amines) is 1. The number of benzene rings is 2. The lowest BCUT2D eigenvalue weighted by atomic mass is 10.00. The Hall–Kier alpha value is -3.09. The van der Waals surface area contributed by atoms with E-state index in [1.54, 1.807) is 31.4 Å². The number of amides is 1. The van der Waals surface area contributed by atoms with E-state index >= 15 is 0 Å². The van der Waals surface area contributed by atoms with Gasteiger partial charge in [0.05, 0.1) is 18.7 Å². The van der Waals surface area contributed by atoms with Crippen molar-refractivity contribution in [3.05, 3.63) is 92.6 Å². The zero-order valence-corrected chi connectivity index (χ0v) is 17.6. The lowest BCUT2D eigenvalue weighted by Crippen LogP contribution is -2.28. The summed E-state index contributed by atoms with van der Waals surface area (Å²) in [4.78, 5) is 28.2. The first-order valence-corrected chi connectivity index (χ1v) is 10.5. The number of hydrogen-bond acceptors (Lipinski definition) is 5. The summed E-state index contributed by atoms with van der Waals surface area (Å²) in [5.74, 6) is -0.898. The van der Waals surface area contributed by atoms with E-state index in [1.165, 1.54) is 16.2 Å². The molecule has 3 aromatic rings. The van der Waals surface area contributed by atoms with Gasteiger partial charge in [0.25, 0.3) is 11.7 Å². The van der Waals surface area contributed by atoms with Gasteiger partial charge in [-0.1, -0.05) is 29.8 Å². The van der Waals surface area contributed by atoms with Crippen LogP contribution in [0.1, 0.15) is 22.0 Å². The van der Waals surface area contributed by atoms with Crippen LogP contribution in [0.25, 0.3) is 5.76 Å². The number of halogens is 1. The molecule has 0 radical (unpaired) electrons. The van der Waals surface area contributed by atoms with Gasteiger partial charge in [-0.3, -0.25) is 9.59 Å². The summed E-state index contributed by atoms with van der Waals surface area (Å²) in [6.45, 7) is 0.210. The van der Waals surface area contributed by atoms with Gasteiger partial charge in [-0.15, -0.1) is 11.3 Å². The smallest absolute Gasteiger partial charge is 0.295 e. The fourth-order valence-corrected chi connectivity index (χ4v) is 4.49. The van der Waals surface area contributed by atoms with Crippen LogP contribution in [0.15, 0.2) is 71.6 Å². The maximum absolute atomic E-state index is 13.0. The highest BCUT2D eigenvalue weighted by molar-refractivity contribution is 7.10. The Labute approximate surface area is 182 Å². The highest BCUT2D eigenvalue weighted by atomic mass is 35.5. The fraction of sp³-hybridized carbons (Fsp3) is 0.130. The molecule has 2 heterocycles. The van der Waals surface area contributed by atoms with Crippen LogP contribution in [0, 0.1) is 0 Å². The quantitative estimate of drug-likeness (QED) is 0.344. The summed E-state index contributed by atoms with van der Waals surface area (Å²) < 4.78 is 5.26. The number of methoxy groups -OCH3 is 1. The maximum atomic E-state index is 13.0. The zero-order valence-electron chi connectivity index (χ0n) is 16.0. The molecule has 1 saturated heterocycles. The Morgan fingerprint density at radius 2 is 1.90 bits per heavy atom. The molecule has 2 aromatic carbocycles. The Morgan fingerprint density at radius 1 is 1.13 bits per heavy atom. The van der Waals surface area contributed by atoms with Crippen LogP contribution in [0.3, 0.4) is 0 Å². The van der Waals surface area contributed by atoms with Crippen molar-refractivity contribution in [1.29, 1.82) is 0 Å². The molecule has 0 spiro atoms. The molecule has 5 nitrogen and oxygen atoms in total. The molecule has 7 heteroatoms. The second-order valence-electron chi connectivity index (χ2n) is 6.80. The average Bonchev–Trinajstić information content (AvgIpc) is 3.37. The third-order valence-electron chi connectivity index (χ3n) is 4.96. The highest BCUT2D eigenvalue weighted by Crippen LogP contribution is 2.42. The number of Topliss-reactive ketones (excluding diaryl/α,β-unsaturated/α-hetero) is 1. The number of rotatable bonds is 5. The summed E-state index contributed by atoms with van der Waals surface area (Å²) in [6, 6.07) is 16.9. The van der Waals surface area contributed by atoms with Crippen LogP contribution in [0.2, 0.25) is 5.02 Å². The number of aliphatic hydroxyl groups excluding tert-OH is 1. The van der Waals surface area contributed by atoms with Crippen molar-refractivity contribution >= 4 is 40.4 Å². The Balaban J connectivity index is 1.80. The summed E-state index contributed by atoms with van der Waals surface area (Å²) in [5.41, 5.74) is 1.33. The van der Waals surface area contributed by atoms with Crippen molar-refractivity contribution in [2.75, 3.05) is 7.11 Å². The molecule has 1 aliphatic heterocycles. The Morgan fingerprint density at radius 3 is 2.57 bits per heavy atom. The Kier molecular flexibility index (Phi) is 5.61. The first kappa shape index (κ1) is 20.2. The van der Waals surface area contributed by atoms with Crippen LogP contribution in [0.4, 0.5) is 0 Å². The number of aliphatic hydroxyl groups is 1. The molecule has 1 aromatic heterocycles. The summed E-state index contributed by atoms with van der Waals surface area (Å²) in [6.07, 6.45) is 0. The van der Waals surface area contributed by atoms with E-state index in [1.807, 2.05) is 41.8 Å². The summed E-state index contributed by atoms with van der Waals surface area (Å²) in [7, 11) is 1.57. The number of ketones is 1. The predicted octanol–water partition coefficient (Wildman–Crippen LogP) is 5.03. The van der Waals surface area contributed by atoms with Crippen LogP contribution in [-0.4, -0.2) is 28.8 Å². The van der Waals surface area contributed by atoms with Crippen LogP contribution >= 0.6 is 22.9 Å². The van der Waals surface area contributed by atoms with Gasteiger partial charge in [0.2, 0.25) is 0 Å². The molecule has 0 bridgehead atoms. The molecular weight excluding hydrogens is 422 g/mol. The van der Waals surface area contributed by atoms with Gasteiger partial charge in [-0.2, -0.15) is 0 Å². The number of hydrogen-bond donors (Lipinski definition) is 1. The lowest BCUT2D eigenvalue weighted by molar-refractivity contribution is -0.140. The minimum Gasteiger partial charge on any atom is -0.507 e. The highest BCUT2D eigenvalue weighted by Gasteiger charge is 2.46. The first-order valence-electron chi connectivity index (χ1n) is 9.20. The molecule has 0 aliphatic carbocycles. The minimum atomic E-state index is -0.705. The van der Waals surface area contributed by atoms with E-state index in [9.17, 15) is 14.7 Å². The molecule has 4 rings (SSSR count). The van der Waals surface area contributed by atoms with Gasteiger partial charge in [-0.25, -0.2) is 0 Å². The van der Waals surface area contributed by atoms with E-state index in [0.717, 1.165) is 10.4 Å². The fourth-order valence-electron chi connectivity index (χ4n) is 3.52. The van der Waals surface area contributed by atoms with Gasteiger partial charge in [0, 0.05) is 22.0 Å². The van der Waals surface area contributed by atoms with Gasteiger partial charge in [0.1, 0.15) is 11.5 Å². The number of carbonyl (C=O) groups excluding carboxylic acids is 2. The van der Waals surface area contributed by atoms with Crippen LogP contribution in [-0.2, 0) is 16.1 Å². The normalized spacial score (nSPS) is 18.1. The monoisotopic (exact) mass is 439 g/mol. The van der Waals surface area contributed by atoms with Crippen LogP contribution < -0.4 is 4.74 Å². The Bertz CT molecular complexity index is 1120. The standard InChI is InChI=1S/C23H18ClNO4S/c1-29-17-5-2-4-14(12-17)13-25-20(18-6-3-11-30-18)19(22(27)23(25)28)21(26)15-7-9-16(24)10-8-15/h2-12,20,26H,13H2,1H3/b21-19-. The number of ether oxygens (including phenoxy) is 1. The molecule has 1 N–H and O–H groups in total. The summed E-state index contributed by atoms with van der Waals surface area (Å²) in [5, 5.41) is 13.3. The number of carbonyl (C=O) groups is 2. The van der Waals surface area contributed by atoms with E-state index in [4.69, 9.17) is 16.3 Å². The van der Waals surface area contributed by atoms with Crippen molar-refractivity contribution < 1.29 is 19.4 Å². The number of nitrogens with zero attached hydrogens (tertiary/aromatic N) is 1. The lowest BCUT2D eigenvalue weighted by Gasteiger charge is -2.24. The minimum absolute atomic E-state index is 0.0765. The maximum Gasteiger partial charge on any atom is 0.295 e. The first-order chi connectivity index (χ1) is 14.5. The predicted molar refractivity (Wildman–Crippen MR) is 117 cm³/mol. The molecule has 1 aliphatic rings. The molecule has 0 saturated carbocycles. The van der Waals surface area contributed by atoms with E-state index in [2.05, 4.69) is 0 Å². The second-order valence-corrected chi connectivity index (χ2v) is 8.22. The molecule has 1 fully saturated rings. The van der Waals surface area contributed by atoms with Crippen molar-refractivity contribution in [3.8, 4) is 5.75 Å². The largest absolute Gasteiger partial charge is 0.507 e. The van der Waals surface area contributed by atoms with E-state index < -0.39 is 17.7 Å². The molecular formula is C23H18ClNO4S. The zero-order chi connectivity index (χ0) is 21.3. The number of thiophene rings is 1. The third-order valence-corrected chi connectivity index (χ3v) is 6.13. The van der Waals surface area contributed by atoms with Gasteiger partial charge >= 0.3 is 0 Å². The van der Waals surface area contributed by atoms with Gasteiger partial charge < -0.3 is 14.7 Å². The van der Waals surface area contributed by atoms with Crippen LogP contribution in [0.5, 0.6) is 5.75 Å². The van der Waals surface area contributed by atoms with Crippen molar-refractivity contribution in [2.45, 2.75) is 12.6 Å². The topological polar surface area (TPSA) is 66.8 Å². The summed E-state index contributed by atoms with van der Waals surface area (Å²) >= 11 is 7.37. The van der Waals surface area contributed by atoms with Gasteiger partial charge in [-0.05, 0) is 53.4 Å². The average molecular weight is 440 g/mol. The van der Waals surface area contributed by atoms with Crippen molar-refractivity contribution in [2.24, 2.45) is 0 Å². The molecule has 1 amide bonds.